The minimum Gasteiger partial charge on any atom is -0.488 e. The van der Waals surface area contributed by atoms with Crippen molar-refractivity contribution in [3.8, 4) is 5.75 Å². The standard InChI is InChI=1S/C28H38N2O4/c1-20(2)30-17-15-24(16-18-30)29-27(31)23(11-5-4-9-21(3)28(32)33)19-34-26-14-8-12-22-10-6-7-13-25(22)26/h6-8,10-14,20-21,24H,4-5,9,15-19H2,1-3H3,(H,29,31)(H,32,33). The Kier molecular flexibility index (Phi) is 9.52. The number of hydrogen-bond acceptors (Lipinski definition) is 4. The fraction of sp³-hybridized carbons (Fsp3) is 0.500. The zero-order valence-electron chi connectivity index (χ0n) is 20.6. The molecule has 0 spiro atoms. The van der Waals surface area contributed by atoms with Gasteiger partial charge in [0, 0.05) is 30.6 Å². The summed E-state index contributed by atoms with van der Waals surface area (Å²) >= 11 is 0. The third-order valence-corrected chi connectivity index (χ3v) is 6.67. The fourth-order valence-corrected chi connectivity index (χ4v) is 4.36. The summed E-state index contributed by atoms with van der Waals surface area (Å²) in [4.78, 5) is 26.7. The summed E-state index contributed by atoms with van der Waals surface area (Å²) in [5.74, 6) is -0.506. The van der Waals surface area contributed by atoms with Crippen molar-refractivity contribution in [1.82, 2.24) is 10.2 Å². The Morgan fingerprint density at radius 1 is 1.12 bits per heavy atom. The lowest BCUT2D eigenvalue weighted by Crippen LogP contribution is -2.47. The molecule has 1 aliphatic heterocycles. The summed E-state index contributed by atoms with van der Waals surface area (Å²) < 4.78 is 6.13. The number of hydrogen-bond donors (Lipinski definition) is 2. The van der Waals surface area contributed by atoms with E-state index < -0.39 is 5.97 Å². The van der Waals surface area contributed by atoms with E-state index in [0.717, 1.165) is 42.5 Å². The highest BCUT2D eigenvalue weighted by Crippen LogP contribution is 2.25. The molecule has 0 radical (unpaired) electrons. The van der Waals surface area contributed by atoms with Gasteiger partial charge in [-0.2, -0.15) is 0 Å². The van der Waals surface area contributed by atoms with E-state index in [1.165, 1.54) is 0 Å². The van der Waals surface area contributed by atoms with Gasteiger partial charge in [-0.3, -0.25) is 9.59 Å². The molecule has 0 bridgehead atoms. The number of carbonyl (C=O) groups excluding carboxylic acids is 1. The third-order valence-electron chi connectivity index (χ3n) is 6.67. The average molecular weight is 467 g/mol. The number of ether oxygens (including phenoxy) is 1. The molecular formula is C28H38N2O4. The Morgan fingerprint density at radius 3 is 2.53 bits per heavy atom. The Balaban J connectivity index is 1.65. The Labute approximate surface area is 203 Å². The van der Waals surface area contributed by atoms with Crippen molar-refractivity contribution in [3.05, 3.63) is 54.1 Å². The van der Waals surface area contributed by atoms with E-state index in [1.807, 2.05) is 48.5 Å². The second-order valence-electron chi connectivity index (χ2n) is 9.54. The highest BCUT2D eigenvalue weighted by Gasteiger charge is 2.23. The number of piperidine rings is 1. The molecular weight excluding hydrogens is 428 g/mol. The van der Waals surface area contributed by atoms with Crippen molar-refractivity contribution in [1.29, 1.82) is 0 Å². The Hall–Kier alpha value is -2.86. The smallest absolute Gasteiger partial charge is 0.306 e. The number of carbonyl (C=O) groups is 2. The number of unbranched alkanes of at least 4 members (excludes halogenated alkanes) is 1. The first kappa shape index (κ1) is 25.8. The second kappa shape index (κ2) is 12.6. The number of nitrogens with one attached hydrogen (secondary N) is 1. The van der Waals surface area contributed by atoms with E-state index in [4.69, 9.17) is 9.84 Å². The topological polar surface area (TPSA) is 78.9 Å². The molecule has 1 unspecified atom stereocenters. The van der Waals surface area contributed by atoms with Crippen LogP contribution in [0, 0.1) is 5.92 Å². The second-order valence-corrected chi connectivity index (χ2v) is 9.54. The maximum atomic E-state index is 13.2. The van der Waals surface area contributed by atoms with Crippen LogP contribution in [0.2, 0.25) is 0 Å². The number of carboxylic acid groups (broad SMARTS) is 1. The monoisotopic (exact) mass is 466 g/mol. The van der Waals surface area contributed by atoms with Crippen LogP contribution in [0.3, 0.4) is 0 Å². The van der Waals surface area contributed by atoms with Gasteiger partial charge in [0.2, 0.25) is 0 Å². The molecule has 1 saturated heterocycles. The van der Waals surface area contributed by atoms with Crippen LogP contribution < -0.4 is 10.1 Å². The van der Waals surface area contributed by atoms with Gasteiger partial charge in [-0.1, -0.05) is 49.4 Å². The molecule has 6 heteroatoms. The lowest BCUT2D eigenvalue weighted by atomic mass is 10.0. The molecule has 184 valence electrons. The highest BCUT2D eigenvalue weighted by molar-refractivity contribution is 5.94. The summed E-state index contributed by atoms with van der Waals surface area (Å²) in [6.45, 7) is 8.28. The van der Waals surface area contributed by atoms with Crippen LogP contribution in [0.25, 0.3) is 10.8 Å². The van der Waals surface area contributed by atoms with Gasteiger partial charge in [0.1, 0.15) is 12.4 Å². The molecule has 1 fully saturated rings. The van der Waals surface area contributed by atoms with E-state index in [0.29, 0.717) is 30.9 Å². The minimum absolute atomic E-state index is 0.0884. The van der Waals surface area contributed by atoms with Crippen LogP contribution in [0.15, 0.2) is 54.1 Å². The maximum Gasteiger partial charge on any atom is 0.306 e. The quantitative estimate of drug-likeness (QED) is 0.359. The number of allylic oxidation sites excluding steroid dienone is 1. The molecule has 2 aromatic carbocycles. The highest BCUT2D eigenvalue weighted by atomic mass is 16.5. The summed E-state index contributed by atoms with van der Waals surface area (Å²) in [5.41, 5.74) is 0.599. The van der Waals surface area contributed by atoms with Gasteiger partial charge < -0.3 is 20.1 Å². The summed E-state index contributed by atoms with van der Waals surface area (Å²) in [5, 5.41) is 14.4. The molecule has 1 atom stereocenters. The van der Waals surface area contributed by atoms with Crippen LogP contribution in [0.5, 0.6) is 5.75 Å². The first-order valence-corrected chi connectivity index (χ1v) is 12.4. The zero-order valence-corrected chi connectivity index (χ0v) is 20.6. The van der Waals surface area contributed by atoms with E-state index in [1.54, 1.807) is 6.92 Å². The van der Waals surface area contributed by atoms with E-state index >= 15 is 0 Å². The molecule has 2 N–H and O–H groups in total. The van der Waals surface area contributed by atoms with Crippen LogP contribution >= 0.6 is 0 Å². The molecule has 0 aromatic heterocycles. The lowest BCUT2D eigenvalue weighted by molar-refractivity contribution is -0.141. The predicted molar refractivity (Wildman–Crippen MR) is 136 cm³/mol. The van der Waals surface area contributed by atoms with Crippen molar-refractivity contribution in [2.75, 3.05) is 19.7 Å². The first-order chi connectivity index (χ1) is 16.3. The van der Waals surface area contributed by atoms with E-state index in [2.05, 4.69) is 24.1 Å². The molecule has 34 heavy (non-hydrogen) atoms. The van der Waals surface area contributed by atoms with Crippen molar-refractivity contribution in [2.24, 2.45) is 5.92 Å². The molecule has 1 heterocycles. The molecule has 1 aliphatic rings. The van der Waals surface area contributed by atoms with Gasteiger partial charge in [0.15, 0.2) is 0 Å². The first-order valence-electron chi connectivity index (χ1n) is 12.4. The summed E-state index contributed by atoms with van der Waals surface area (Å²) in [6.07, 6.45) is 5.74. The van der Waals surface area contributed by atoms with Crippen molar-refractivity contribution in [3.63, 3.8) is 0 Å². The fourth-order valence-electron chi connectivity index (χ4n) is 4.36. The number of carboxylic acids is 1. The predicted octanol–water partition coefficient (Wildman–Crippen LogP) is 5.03. The SMILES string of the molecule is CC(CCCC=C(COc1cccc2ccccc12)C(=O)NC1CCN(C(C)C)CC1)C(=O)O. The molecule has 0 saturated carbocycles. The van der Waals surface area contributed by atoms with Crippen molar-refractivity contribution < 1.29 is 19.4 Å². The molecule has 3 rings (SSSR count). The van der Waals surface area contributed by atoms with E-state index in [9.17, 15) is 9.59 Å². The number of fused-ring (bicyclic) bond motifs is 1. The Bertz CT molecular complexity index is 988. The Morgan fingerprint density at radius 2 is 1.82 bits per heavy atom. The van der Waals surface area contributed by atoms with E-state index in [-0.39, 0.29) is 24.5 Å². The summed E-state index contributed by atoms with van der Waals surface area (Å²) in [6, 6.07) is 14.6. The zero-order chi connectivity index (χ0) is 24.5. The summed E-state index contributed by atoms with van der Waals surface area (Å²) in [7, 11) is 0. The third kappa shape index (κ3) is 7.32. The normalized spacial score (nSPS) is 16.5. The number of rotatable bonds is 11. The number of benzene rings is 2. The van der Waals surface area contributed by atoms with Crippen molar-refractivity contribution in [2.45, 2.75) is 65.0 Å². The van der Waals surface area contributed by atoms with Crippen LogP contribution in [-0.2, 0) is 9.59 Å². The van der Waals surface area contributed by atoms with Gasteiger partial charge in [-0.05, 0) is 57.4 Å². The molecule has 2 aromatic rings. The molecule has 0 aliphatic carbocycles. The number of amides is 1. The number of likely N-dealkylation sites (tertiary alicyclic amines) is 1. The van der Waals surface area contributed by atoms with Crippen LogP contribution in [0.4, 0.5) is 0 Å². The number of nitrogens with zero attached hydrogens (tertiary/aromatic N) is 1. The van der Waals surface area contributed by atoms with Gasteiger partial charge in [0.25, 0.3) is 5.91 Å². The van der Waals surface area contributed by atoms with Crippen molar-refractivity contribution >= 4 is 22.6 Å². The van der Waals surface area contributed by atoms with Gasteiger partial charge in [0.05, 0.1) is 11.5 Å². The molecule has 1 amide bonds. The van der Waals surface area contributed by atoms with Gasteiger partial charge >= 0.3 is 5.97 Å². The molecule has 6 nitrogen and oxygen atoms in total. The largest absolute Gasteiger partial charge is 0.488 e. The van der Waals surface area contributed by atoms with Crippen LogP contribution in [-0.4, -0.2) is 53.7 Å². The minimum atomic E-state index is -0.783. The van der Waals surface area contributed by atoms with Gasteiger partial charge in [-0.15, -0.1) is 0 Å². The van der Waals surface area contributed by atoms with Gasteiger partial charge in [-0.25, -0.2) is 0 Å². The average Bonchev–Trinajstić information content (AvgIpc) is 2.83. The number of aliphatic carboxylic acids is 1. The lowest BCUT2D eigenvalue weighted by Gasteiger charge is -2.35. The van der Waals surface area contributed by atoms with Crippen LogP contribution in [0.1, 0.15) is 52.9 Å². The maximum absolute atomic E-state index is 13.2.